The van der Waals surface area contributed by atoms with Gasteiger partial charge in [-0.25, -0.2) is 9.78 Å². The van der Waals surface area contributed by atoms with E-state index < -0.39 is 18.6 Å². The number of carbonyl (C=O) groups is 1. The Balaban J connectivity index is 0.000000378. The van der Waals surface area contributed by atoms with E-state index in [1.165, 1.54) is 62.6 Å². The number of aryl methyl sites for hydroxylation is 2. The van der Waals surface area contributed by atoms with E-state index in [0.717, 1.165) is 45.1 Å². The van der Waals surface area contributed by atoms with Gasteiger partial charge >= 0.3 is 12.1 Å². The van der Waals surface area contributed by atoms with E-state index in [9.17, 15) is 18.0 Å². The maximum Gasteiger partial charge on any atom is 0.389 e. The third kappa shape index (κ3) is 17.9. The molecule has 0 saturated heterocycles. The minimum atomic E-state index is -3.99. The Hall–Kier alpha value is -2.71. The minimum absolute atomic E-state index is 0.00832. The molecule has 0 bridgehead atoms. The summed E-state index contributed by atoms with van der Waals surface area (Å²) in [5.74, 6) is -0.656. The van der Waals surface area contributed by atoms with Crippen molar-refractivity contribution in [2.24, 2.45) is 0 Å². The zero-order chi connectivity index (χ0) is 34.5. The van der Waals surface area contributed by atoms with Crippen LogP contribution >= 0.6 is 23.2 Å². The smallest absolute Gasteiger partial charge is 0.389 e. The SMILES string of the molecule is CCCCCCCCCCNc1ccc(CCCCCCCCCC(F)(F)F)cc1.Cc1[nH]c(-c2ccc(Cl)cc2Cl)nc1C(=O)O. The number of unbranched alkanes of at least 4 members (excludes halogenated alkanes) is 13. The summed E-state index contributed by atoms with van der Waals surface area (Å²) in [6.07, 6.45) is 13.7. The number of benzene rings is 2. The predicted molar refractivity (Wildman–Crippen MR) is 190 cm³/mol. The van der Waals surface area contributed by atoms with Gasteiger partial charge in [-0.2, -0.15) is 13.2 Å². The highest BCUT2D eigenvalue weighted by Crippen LogP contribution is 2.29. The van der Waals surface area contributed by atoms with Crippen molar-refractivity contribution in [2.45, 2.75) is 129 Å². The molecule has 0 aliphatic heterocycles. The maximum atomic E-state index is 12.1. The number of carboxylic acids is 1. The quantitative estimate of drug-likeness (QED) is 0.0968. The number of aromatic nitrogens is 2. The third-order valence-electron chi connectivity index (χ3n) is 8.01. The second-order valence-corrected chi connectivity index (χ2v) is 13.0. The van der Waals surface area contributed by atoms with Gasteiger partial charge in [-0.05, 0) is 68.5 Å². The maximum absolute atomic E-state index is 12.1. The third-order valence-corrected chi connectivity index (χ3v) is 8.56. The molecule has 0 spiro atoms. The highest BCUT2D eigenvalue weighted by molar-refractivity contribution is 6.36. The summed E-state index contributed by atoms with van der Waals surface area (Å²) in [6, 6.07) is 13.7. The zero-order valence-corrected chi connectivity index (χ0v) is 29.5. The van der Waals surface area contributed by atoms with Crippen LogP contribution in [-0.2, 0) is 6.42 Å². The summed E-state index contributed by atoms with van der Waals surface area (Å²) in [7, 11) is 0. The number of alkyl halides is 3. The molecule has 3 aromatic rings. The topological polar surface area (TPSA) is 78.0 Å². The molecule has 0 unspecified atom stereocenters. The minimum Gasteiger partial charge on any atom is -0.476 e. The van der Waals surface area contributed by atoms with Crippen LogP contribution < -0.4 is 5.32 Å². The van der Waals surface area contributed by atoms with Gasteiger partial charge in [0.25, 0.3) is 0 Å². The number of hydrogen-bond acceptors (Lipinski definition) is 3. The van der Waals surface area contributed by atoms with Crippen LogP contribution in [0.1, 0.15) is 131 Å². The van der Waals surface area contributed by atoms with Crippen molar-refractivity contribution >= 4 is 34.9 Å². The number of carboxylic acid groups (broad SMARTS) is 1. The molecular weight excluding hydrogens is 646 g/mol. The number of nitrogens with one attached hydrogen (secondary N) is 2. The lowest BCUT2D eigenvalue weighted by atomic mass is 10.0. The number of nitrogens with zero attached hydrogens (tertiary/aromatic N) is 1. The normalized spacial score (nSPS) is 11.3. The highest BCUT2D eigenvalue weighted by Gasteiger charge is 2.25. The fraction of sp³-hybridized carbons (Fsp3) is 0.568. The Labute approximate surface area is 289 Å². The standard InChI is InChI=1S/C26H44F3N.C11H8Cl2N2O2/c1-2-3-4-5-6-10-13-16-23-30-25-20-18-24(19-21-25)17-14-11-8-7-9-12-15-22-26(27,28)29;1-5-9(11(16)17)15-10(14-5)7-3-2-6(12)4-8(7)13/h18-21,30H,2-17,22-23H2,1H3;2-4H,1H3,(H,14,15)(H,16,17). The Kier molecular flexibility index (Phi) is 19.6. The van der Waals surface area contributed by atoms with Gasteiger partial charge in [-0.3, -0.25) is 0 Å². The predicted octanol–water partition coefficient (Wildman–Crippen LogP) is 12.9. The summed E-state index contributed by atoms with van der Waals surface area (Å²) in [4.78, 5) is 17.7. The number of aromatic carboxylic acids is 1. The van der Waals surface area contributed by atoms with Gasteiger partial charge in [0.1, 0.15) is 5.82 Å². The van der Waals surface area contributed by atoms with Crippen LogP contribution in [0.4, 0.5) is 18.9 Å². The van der Waals surface area contributed by atoms with E-state index in [4.69, 9.17) is 28.3 Å². The molecule has 0 fully saturated rings. The Morgan fingerprint density at radius 3 is 1.96 bits per heavy atom. The lowest BCUT2D eigenvalue weighted by Crippen LogP contribution is -2.06. The van der Waals surface area contributed by atoms with Crippen molar-refractivity contribution in [1.82, 2.24) is 9.97 Å². The van der Waals surface area contributed by atoms with E-state index >= 15 is 0 Å². The molecule has 47 heavy (non-hydrogen) atoms. The van der Waals surface area contributed by atoms with Gasteiger partial charge < -0.3 is 15.4 Å². The fourth-order valence-corrected chi connectivity index (χ4v) is 5.80. The second-order valence-electron chi connectivity index (χ2n) is 12.2. The summed E-state index contributed by atoms with van der Waals surface area (Å²) < 4.78 is 36.2. The molecule has 1 aromatic heterocycles. The largest absolute Gasteiger partial charge is 0.476 e. The first kappa shape index (κ1) is 40.5. The molecule has 3 rings (SSSR count). The van der Waals surface area contributed by atoms with Crippen LogP contribution in [0.3, 0.4) is 0 Å². The molecular formula is C37H52Cl2F3N3O2. The van der Waals surface area contributed by atoms with Gasteiger partial charge in [0.15, 0.2) is 5.69 Å². The molecule has 0 amide bonds. The Morgan fingerprint density at radius 1 is 0.830 bits per heavy atom. The molecule has 0 aliphatic carbocycles. The average molecular weight is 699 g/mol. The lowest BCUT2D eigenvalue weighted by Gasteiger charge is -2.08. The molecule has 5 nitrogen and oxygen atoms in total. The van der Waals surface area contributed by atoms with Crippen LogP contribution in [0.25, 0.3) is 11.4 Å². The highest BCUT2D eigenvalue weighted by atomic mass is 35.5. The number of imidazole rings is 1. The van der Waals surface area contributed by atoms with Crippen LogP contribution in [0.5, 0.6) is 0 Å². The summed E-state index contributed by atoms with van der Waals surface area (Å²) in [6.45, 7) is 4.96. The number of hydrogen-bond donors (Lipinski definition) is 3. The number of anilines is 1. The van der Waals surface area contributed by atoms with E-state index in [1.807, 2.05) is 0 Å². The van der Waals surface area contributed by atoms with Crippen LogP contribution in [0.15, 0.2) is 42.5 Å². The van der Waals surface area contributed by atoms with Crippen molar-refractivity contribution in [3.63, 3.8) is 0 Å². The van der Waals surface area contributed by atoms with E-state index in [0.29, 0.717) is 33.5 Å². The molecule has 0 atom stereocenters. The van der Waals surface area contributed by atoms with Crippen molar-refractivity contribution in [2.75, 3.05) is 11.9 Å². The molecule has 1 heterocycles. The van der Waals surface area contributed by atoms with Crippen LogP contribution in [0.2, 0.25) is 10.0 Å². The van der Waals surface area contributed by atoms with Crippen LogP contribution in [0, 0.1) is 6.92 Å². The van der Waals surface area contributed by atoms with Gasteiger partial charge in [0.2, 0.25) is 0 Å². The summed E-state index contributed by atoms with van der Waals surface area (Å²) in [5, 5.41) is 13.4. The van der Waals surface area contributed by atoms with Gasteiger partial charge in [-0.1, -0.05) is 119 Å². The van der Waals surface area contributed by atoms with E-state index in [-0.39, 0.29) is 12.1 Å². The monoisotopic (exact) mass is 697 g/mol. The van der Waals surface area contributed by atoms with Gasteiger partial charge in [0, 0.05) is 34.9 Å². The first-order chi connectivity index (χ1) is 22.5. The summed E-state index contributed by atoms with van der Waals surface area (Å²) in [5.41, 5.74) is 3.68. The number of halogens is 5. The Bertz CT molecular complexity index is 1300. The first-order valence-corrected chi connectivity index (χ1v) is 17.9. The molecule has 0 aliphatic rings. The van der Waals surface area contributed by atoms with Crippen molar-refractivity contribution in [3.8, 4) is 11.4 Å². The van der Waals surface area contributed by atoms with Crippen LogP contribution in [-0.4, -0.2) is 33.8 Å². The number of rotatable bonds is 21. The molecule has 10 heteroatoms. The van der Waals surface area contributed by atoms with E-state index in [1.54, 1.807) is 25.1 Å². The van der Waals surface area contributed by atoms with Crippen molar-refractivity contribution in [3.05, 3.63) is 69.5 Å². The Morgan fingerprint density at radius 2 is 1.40 bits per heavy atom. The second kappa shape index (κ2) is 22.8. The zero-order valence-electron chi connectivity index (χ0n) is 28.0. The molecule has 0 radical (unpaired) electrons. The van der Waals surface area contributed by atoms with Gasteiger partial charge in [-0.15, -0.1) is 0 Å². The molecule has 0 saturated carbocycles. The van der Waals surface area contributed by atoms with E-state index in [2.05, 4.69) is 46.5 Å². The number of aromatic amines is 1. The first-order valence-electron chi connectivity index (χ1n) is 17.1. The van der Waals surface area contributed by atoms with Gasteiger partial charge in [0.05, 0.1) is 5.02 Å². The number of H-pyrrole nitrogens is 1. The molecule has 3 N–H and O–H groups in total. The van der Waals surface area contributed by atoms with Crippen molar-refractivity contribution in [1.29, 1.82) is 0 Å². The average Bonchev–Trinajstić information content (AvgIpc) is 3.41. The molecule has 262 valence electrons. The lowest BCUT2D eigenvalue weighted by molar-refractivity contribution is -0.135. The molecule has 2 aromatic carbocycles. The fourth-order valence-electron chi connectivity index (χ4n) is 5.30. The van der Waals surface area contributed by atoms with Crippen molar-refractivity contribution < 1.29 is 23.1 Å². The summed E-state index contributed by atoms with van der Waals surface area (Å²) >= 11 is 11.8.